The molecule has 0 bridgehead atoms. The molecule has 2 heterocycles. The molecule has 0 saturated carbocycles. The van der Waals surface area contributed by atoms with Gasteiger partial charge in [0.2, 0.25) is 0 Å². The van der Waals surface area contributed by atoms with E-state index in [1.54, 1.807) is 29.3 Å². The Morgan fingerprint density at radius 1 is 1.14 bits per heavy atom. The van der Waals surface area contributed by atoms with Gasteiger partial charge in [0.15, 0.2) is 0 Å². The summed E-state index contributed by atoms with van der Waals surface area (Å²) in [4.78, 5) is 22.3. The van der Waals surface area contributed by atoms with Crippen LogP contribution >= 0.6 is 23.1 Å². The zero-order chi connectivity index (χ0) is 20.1. The Hall–Kier alpha value is -2.90. The molecule has 4 rings (SSSR count). The van der Waals surface area contributed by atoms with Crippen LogP contribution in [-0.2, 0) is 12.3 Å². The lowest BCUT2D eigenvalue weighted by Crippen LogP contribution is -2.13. The van der Waals surface area contributed by atoms with Gasteiger partial charge in [-0.1, -0.05) is 24.3 Å². The van der Waals surface area contributed by atoms with E-state index < -0.39 is 0 Å². The number of hydrogen-bond acceptors (Lipinski definition) is 5. The summed E-state index contributed by atoms with van der Waals surface area (Å²) in [5.41, 5.74) is 5.46. The number of imidazole rings is 1. The number of nitrogens with one attached hydrogen (secondary N) is 1. The summed E-state index contributed by atoms with van der Waals surface area (Å²) in [5.74, 6) is 1.62. The van der Waals surface area contributed by atoms with Gasteiger partial charge in [0.05, 0.1) is 16.8 Å². The zero-order valence-electron chi connectivity index (χ0n) is 15.9. The van der Waals surface area contributed by atoms with Gasteiger partial charge in [-0.2, -0.15) is 0 Å². The molecule has 0 aliphatic heterocycles. The molecule has 0 saturated heterocycles. The first-order chi connectivity index (χ1) is 14.2. The summed E-state index contributed by atoms with van der Waals surface area (Å²) in [7, 11) is 0. The van der Waals surface area contributed by atoms with Gasteiger partial charge in [-0.05, 0) is 36.8 Å². The molecule has 0 spiro atoms. The highest BCUT2D eigenvalue weighted by atomic mass is 32.2. The fraction of sp³-hybridized carbons (Fsp3) is 0.136. The van der Waals surface area contributed by atoms with Gasteiger partial charge in [0.1, 0.15) is 5.82 Å². The molecule has 0 fully saturated rings. The Kier molecular flexibility index (Phi) is 6.07. The Balaban J connectivity index is 1.42. The highest BCUT2D eigenvalue weighted by Gasteiger charge is 2.12. The minimum atomic E-state index is -0.107. The molecule has 7 heteroatoms. The number of rotatable bonds is 7. The first-order valence-corrected chi connectivity index (χ1v) is 11.1. The normalized spacial score (nSPS) is 10.8. The minimum absolute atomic E-state index is 0.107. The molecule has 2 aromatic heterocycles. The Morgan fingerprint density at radius 3 is 2.69 bits per heavy atom. The monoisotopic (exact) mass is 420 g/mol. The number of thiazole rings is 1. The van der Waals surface area contributed by atoms with E-state index in [2.05, 4.69) is 19.9 Å². The summed E-state index contributed by atoms with van der Waals surface area (Å²) >= 11 is 3.21. The molecule has 2 aromatic carbocycles. The average Bonchev–Trinajstić information content (AvgIpc) is 3.40. The SMILES string of the molecule is Cc1nccn1Cc1ccc(NC(=O)c2ccccc2SCc2cscn2)cc1. The molecule has 1 amide bonds. The third kappa shape index (κ3) is 4.93. The molecule has 146 valence electrons. The van der Waals surface area contributed by atoms with Crippen LogP contribution in [0.15, 0.2) is 76.7 Å². The fourth-order valence-corrected chi connectivity index (χ4v) is 4.52. The third-order valence-corrected chi connectivity index (χ3v) is 6.22. The second-order valence-corrected chi connectivity index (χ2v) is 8.25. The van der Waals surface area contributed by atoms with Crippen LogP contribution in [0.2, 0.25) is 0 Å². The van der Waals surface area contributed by atoms with Crippen molar-refractivity contribution in [1.82, 2.24) is 14.5 Å². The van der Waals surface area contributed by atoms with E-state index in [4.69, 9.17) is 0 Å². The van der Waals surface area contributed by atoms with Crippen molar-refractivity contribution in [1.29, 1.82) is 0 Å². The molecule has 1 N–H and O–H groups in total. The van der Waals surface area contributed by atoms with Crippen molar-refractivity contribution in [2.24, 2.45) is 0 Å². The molecule has 5 nitrogen and oxygen atoms in total. The van der Waals surface area contributed by atoms with Crippen LogP contribution in [0.25, 0.3) is 0 Å². The lowest BCUT2D eigenvalue weighted by atomic mass is 10.1. The average molecular weight is 421 g/mol. The summed E-state index contributed by atoms with van der Waals surface area (Å²) in [6.07, 6.45) is 3.76. The first-order valence-electron chi connectivity index (χ1n) is 9.16. The summed E-state index contributed by atoms with van der Waals surface area (Å²) < 4.78 is 2.09. The number of amides is 1. The van der Waals surface area contributed by atoms with Crippen LogP contribution < -0.4 is 5.32 Å². The van der Waals surface area contributed by atoms with Gasteiger partial charge in [-0.3, -0.25) is 4.79 Å². The molecule has 0 aliphatic rings. The number of hydrogen-bond donors (Lipinski definition) is 1. The number of nitrogens with zero attached hydrogens (tertiary/aromatic N) is 3. The Morgan fingerprint density at radius 2 is 1.97 bits per heavy atom. The molecular formula is C22H20N4OS2. The van der Waals surface area contributed by atoms with Crippen molar-refractivity contribution in [3.63, 3.8) is 0 Å². The predicted molar refractivity (Wildman–Crippen MR) is 119 cm³/mol. The van der Waals surface area contributed by atoms with Gasteiger partial charge < -0.3 is 9.88 Å². The molecule has 0 aliphatic carbocycles. The maximum Gasteiger partial charge on any atom is 0.256 e. The quantitative estimate of drug-likeness (QED) is 0.415. The maximum atomic E-state index is 12.8. The molecule has 29 heavy (non-hydrogen) atoms. The number of anilines is 1. The van der Waals surface area contributed by atoms with Crippen LogP contribution in [-0.4, -0.2) is 20.4 Å². The van der Waals surface area contributed by atoms with Gasteiger partial charge >= 0.3 is 0 Å². The van der Waals surface area contributed by atoms with Crippen molar-refractivity contribution in [3.05, 3.63) is 94.5 Å². The van der Waals surface area contributed by atoms with Gasteiger partial charge in [-0.25, -0.2) is 9.97 Å². The smallest absolute Gasteiger partial charge is 0.256 e. The largest absolute Gasteiger partial charge is 0.331 e. The molecule has 0 radical (unpaired) electrons. The van der Waals surface area contributed by atoms with Crippen molar-refractivity contribution in [2.45, 2.75) is 24.1 Å². The van der Waals surface area contributed by atoms with Crippen LogP contribution in [0.5, 0.6) is 0 Å². The van der Waals surface area contributed by atoms with Crippen LogP contribution in [0.3, 0.4) is 0 Å². The van der Waals surface area contributed by atoms with E-state index in [1.807, 2.05) is 72.5 Å². The number of thioether (sulfide) groups is 1. The van der Waals surface area contributed by atoms with Crippen LogP contribution in [0, 0.1) is 6.92 Å². The molecular weight excluding hydrogens is 400 g/mol. The summed E-state index contributed by atoms with van der Waals surface area (Å²) in [6, 6.07) is 15.6. The minimum Gasteiger partial charge on any atom is -0.331 e. The van der Waals surface area contributed by atoms with Gasteiger partial charge in [0.25, 0.3) is 5.91 Å². The molecule has 0 unspecified atom stereocenters. The topological polar surface area (TPSA) is 59.8 Å². The fourth-order valence-electron chi connectivity index (χ4n) is 2.90. The van der Waals surface area contributed by atoms with E-state index in [1.165, 1.54) is 0 Å². The standard InChI is InChI=1S/C22H20N4OS2/c1-16-23-10-11-26(16)12-17-6-8-18(9-7-17)25-22(27)20-4-2-3-5-21(20)29-14-19-13-28-15-24-19/h2-11,13,15H,12,14H2,1H3,(H,25,27). The van der Waals surface area contributed by atoms with Crippen molar-refractivity contribution in [2.75, 3.05) is 5.32 Å². The number of carbonyl (C=O) groups excluding carboxylic acids is 1. The van der Waals surface area contributed by atoms with E-state index >= 15 is 0 Å². The highest BCUT2D eigenvalue weighted by Crippen LogP contribution is 2.27. The van der Waals surface area contributed by atoms with Crippen LogP contribution in [0.4, 0.5) is 5.69 Å². The lowest BCUT2D eigenvalue weighted by molar-refractivity contribution is 0.102. The van der Waals surface area contributed by atoms with Gasteiger partial charge in [0, 0.05) is 40.7 Å². The number of aryl methyl sites for hydroxylation is 1. The first kappa shape index (κ1) is 19.4. The Bertz CT molecular complexity index is 1090. The van der Waals surface area contributed by atoms with Crippen LogP contribution in [0.1, 0.15) is 27.4 Å². The Labute approximate surface area is 177 Å². The maximum absolute atomic E-state index is 12.8. The predicted octanol–water partition coefficient (Wildman–Crippen LogP) is 5.24. The summed E-state index contributed by atoms with van der Waals surface area (Å²) in [5, 5.41) is 5.03. The zero-order valence-corrected chi connectivity index (χ0v) is 17.5. The van der Waals surface area contributed by atoms with Gasteiger partial charge in [-0.15, -0.1) is 23.1 Å². The van der Waals surface area contributed by atoms with E-state index in [0.717, 1.165) is 40.0 Å². The van der Waals surface area contributed by atoms with E-state index in [0.29, 0.717) is 5.56 Å². The molecule has 4 aromatic rings. The second kappa shape index (κ2) is 9.07. The summed E-state index contributed by atoms with van der Waals surface area (Å²) in [6.45, 7) is 2.74. The van der Waals surface area contributed by atoms with E-state index in [9.17, 15) is 4.79 Å². The van der Waals surface area contributed by atoms with Crippen molar-refractivity contribution < 1.29 is 4.79 Å². The molecule has 0 atom stereocenters. The van der Waals surface area contributed by atoms with Crippen molar-refractivity contribution in [3.8, 4) is 0 Å². The van der Waals surface area contributed by atoms with E-state index in [-0.39, 0.29) is 5.91 Å². The number of benzene rings is 2. The third-order valence-electron chi connectivity index (χ3n) is 4.48. The second-order valence-electron chi connectivity index (χ2n) is 6.52. The highest BCUT2D eigenvalue weighted by molar-refractivity contribution is 7.98. The van der Waals surface area contributed by atoms with Crippen molar-refractivity contribution >= 4 is 34.7 Å². The number of aromatic nitrogens is 3. The number of carbonyl (C=O) groups is 1. The lowest BCUT2D eigenvalue weighted by Gasteiger charge is -2.11.